The number of rotatable bonds is 5. The lowest BCUT2D eigenvalue weighted by Crippen LogP contribution is -2.50. The molecule has 2 aromatic carbocycles. The van der Waals surface area contributed by atoms with Gasteiger partial charge >= 0.3 is 0 Å². The Morgan fingerprint density at radius 3 is 2.50 bits per heavy atom. The minimum Gasteiger partial charge on any atom is -0.495 e. The van der Waals surface area contributed by atoms with Crippen LogP contribution in [0.15, 0.2) is 60.9 Å². The van der Waals surface area contributed by atoms with Crippen LogP contribution in [0.4, 0.5) is 28.8 Å². The molecule has 6 rings (SSSR count). The van der Waals surface area contributed by atoms with Crippen LogP contribution in [0.1, 0.15) is 27.1 Å². The molecule has 3 aromatic rings. The predicted octanol–water partition coefficient (Wildman–Crippen LogP) is 3.56. The summed E-state index contributed by atoms with van der Waals surface area (Å²) in [5.74, 6) is 1.24. The van der Waals surface area contributed by atoms with Gasteiger partial charge in [0.15, 0.2) is 5.82 Å². The molecule has 42 heavy (non-hydrogen) atoms. The van der Waals surface area contributed by atoms with Crippen molar-refractivity contribution in [1.82, 2.24) is 24.7 Å². The van der Waals surface area contributed by atoms with E-state index in [1.54, 1.807) is 48.4 Å². The minimum atomic E-state index is -0.124. The second-order valence-electron chi connectivity index (χ2n) is 10.9. The molecular weight excluding hydrogens is 532 g/mol. The highest BCUT2D eigenvalue weighted by Gasteiger charge is 2.29. The number of hydrogen-bond donors (Lipinski definition) is 1. The zero-order valence-electron chi connectivity index (χ0n) is 24.4. The first-order valence-corrected chi connectivity index (χ1v) is 14.2. The van der Waals surface area contributed by atoms with Crippen molar-refractivity contribution in [3.05, 3.63) is 72.1 Å². The number of benzene rings is 2. The third-order valence-electron chi connectivity index (χ3n) is 8.35. The van der Waals surface area contributed by atoms with Crippen molar-refractivity contribution in [2.75, 3.05) is 76.1 Å². The van der Waals surface area contributed by atoms with Crippen LogP contribution >= 0.6 is 0 Å². The molecule has 0 radical (unpaired) electrons. The number of ether oxygens (including phenoxy) is 1. The Bertz CT molecular complexity index is 1530. The smallest absolute Gasteiger partial charge is 0.260 e. The molecule has 1 N–H and O–H groups in total. The van der Waals surface area contributed by atoms with Crippen LogP contribution in [-0.2, 0) is 0 Å². The van der Waals surface area contributed by atoms with Gasteiger partial charge in [-0.3, -0.25) is 14.5 Å². The second kappa shape index (κ2) is 11.4. The molecule has 218 valence electrons. The quantitative estimate of drug-likeness (QED) is 0.496. The number of carbonyl (C=O) groups is 2. The molecule has 1 fully saturated rings. The maximum Gasteiger partial charge on any atom is 0.260 e. The lowest BCUT2D eigenvalue weighted by atomic mass is 10.1. The van der Waals surface area contributed by atoms with Crippen LogP contribution in [0.3, 0.4) is 0 Å². The Morgan fingerprint density at radius 1 is 0.976 bits per heavy atom. The molecule has 0 aliphatic carbocycles. The fraction of sp³-hybridized carbons (Fsp3) is 0.355. The summed E-state index contributed by atoms with van der Waals surface area (Å²) in [6.07, 6.45) is 6.62. The largest absolute Gasteiger partial charge is 0.495 e. The van der Waals surface area contributed by atoms with Gasteiger partial charge in [-0.2, -0.15) is 4.98 Å². The van der Waals surface area contributed by atoms with E-state index in [9.17, 15) is 9.59 Å². The van der Waals surface area contributed by atoms with Gasteiger partial charge in [0.25, 0.3) is 11.8 Å². The number of aromatic nitrogens is 2. The van der Waals surface area contributed by atoms with E-state index in [0.717, 1.165) is 38.3 Å². The third kappa shape index (κ3) is 5.17. The number of hydrogen-bond acceptors (Lipinski definition) is 9. The predicted molar refractivity (Wildman–Crippen MR) is 163 cm³/mol. The lowest BCUT2D eigenvalue weighted by Gasteiger charge is -2.39. The van der Waals surface area contributed by atoms with Crippen LogP contribution in [0, 0.1) is 0 Å². The SMILES string of the molecule is COc1cc(C(=O)N2C=C[C@H](N3CCN(C)CC3)CC2)ccc1Nc1ncc2c(n1)N(C)c1ccccc1C(=O)N2C. The van der Waals surface area contributed by atoms with Gasteiger partial charge in [-0.25, -0.2) is 4.98 Å². The number of nitrogens with one attached hydrogen (secondary N) is 1. The Hall–Kier alpha value is -4.48. The van der Waals surface area contributed by atoms with Crippen molar-refractivity contribution in [3.63, 3.8) is 0 Å². The summed E-state index contributed by atoms with van der Waals surface area (Å²) in [5, 5.41) is 3.23. The number of carbonyl (C=O) groups excluding carboxylic acids is 2. The summed E-state index contributed by atoms with van der Waals surface area (Å²) >= 11 is 0. The van der Waals surface area contributed by atoms with Gasteiger partial charge in [-0.1, -0.05) is 18.2 Å². The molecule has 4 heterocycles. The number of amides is 2. The number of piperazine rings is 1. The van der Waals surface area contributed by atoms with Gasteiger partial charge in [0.2, 0.25) is 5.95 Å². The number of para-hydroxylation sites is 1. The minimum absolute atomic E-state index is 0.0674. The number of methoxy groups -OCH3 is 1. The van der Waals surface area contributed by atoms with Crippen molar-refractivity contribution in [2.45, 2.75) is 12.5 Å². The second-order valence-corrected chi connectivity index (χ2v) is 10.9. The first-order valence-electron chi connectivity index (χ1n) is 14.2. The van der Waals surface area contributed by atoms with E-state index in [2.05, 4.69) is 33.2 Å². The number of fused-ring (bicyclic) bond motifs is 2. The highest BCUT2D eigenvalue weighted by atomic mass is 16.5. The normalized spacial score (nSPS) is 19.3. The Kier molecular flexibility index (Phi) is 7.53. The topological polar surface area (TPSA) is 97.4 Å². The highest BCUT2D eigenvalue weighted by Crippen LogP contribution is 2.38. The molecule has 1 atom stereocenters. The molecule has 11 heteroatoms. The summed E-state index contributed by atoms with van der Waals surface area (Å²) < 4.78 is 5.65. The molecule has 11 nitrogen and oxygen atoms in total. The van der Waals surface area contributed by atoms with Gasteiger partial charge < -0.3 is 29.7 Å². The Morgan fingerprint density at radius 2 is 1.76 bits per heavy atom. The Balaban J connectivity index is 1.19. The van der Waals surface area contributed by atoms with E-state index in [0.29, 0.717) is 52.6 Å². The molecule has 3 aliphatic heterocycles. The third-order valence-corrected chi connectivity index (χ3v) is 8.35. The van der Waals surface area contributed by atoms with Gasteiger partial charge in [0.05, 0.1) is 30.2 Å². The van der Waals surface area contributed by atoms with E-state index >= 15 is 0 Å². The average molecular weight is 569 g/mol. The fourth-order valence-electron chi connectivity index (χ4n) is 5.75. The molecule has 0 spiro atoms. The Labute approximate surface area is 246 Å². The lowest BCUT2D eigenvalue weighted by molar-refractivity contribution is 0.0771. The summed E-state index contributed by atoms with van der Waals surface area (Å²) in [6, 6.07) is 13.1. The zero-order chi connectivity index (χ0) is 29.4. The van der Waals surface area contributed by atoms with E-state index in [1.165, 1.54) is 0 Å². The molecule has 0 bridgehead atoms. The van der Waals surface area contributed by atoms with Crippen LogP contribution in [-0.4, -0.2) is 104 Å². The molecule has 2 amide bonds. The first-order chi connectivity index (χ1) is 20.3. The van der Waals surface area contributed by atoms with E-state index in [1.807, 2.05) is 42.4 Å². The van der Waals surface area contributed by atoms with E-state index in [4.69, 9.17) is 9.72 Å². The van der Waals surface area contributed by atoms with Crippen LogP contribution in [0.25, 0.3) is 0 Å². The van der Waals surface area contributed by atoms with E-state index in [-0.39, 0.29) is 11.8 Å². The fourth-order valence-corrected chi connectivity index (χ4v) is 5.75. The summed E-state index contributed by atoms with van der Waals surface area (Å²) in [6.45, 7) is 4.93. The van der Waals surface area contributed by atoms with Gasteiger partial charge in [-0.05, 0) is 43.8 Å². The summed E-state index contributed by atoms with van der Waals surface area (Å²) in [4.78, 5) is 45.7. The molecule has 1 aromatic heterocycles. The van der Waals surface area contributed by atoms with E-state index < -0.39 is 0 Å². The van der Waals surface area contributed by atoms with Crippen LogP contribution in [0.2, 0.25) is 0 Å². The number of likely N-dealkylation sites (N-methyl/N-ethyl adjacent to an activating group) is 1. The van der Waals surface area contributed by atoms with Crippen molar-refractivity contribution in [1.29, 1.82) is 0 Å². The van der Waals surface area contributed by atoms with Gasteiger partial charge in [0.1, 0.15) is 11.4 Å². The molecular formula is C31H36N8O3. The monoisotopic (exact) mass is 568 g/mol. The summed E-state index contributed by atoms with van der Waals surface area (Å²) in [5.41, 5.74) is 3.12. The van der Waals surface area contributed by atoms with Crippen LogP contribution in [0.5, 0.6) is 5.75 Å². The zero-order valence-corrected chi connectivity index (χ0v) is 24.4. The summed E-state index contributed by atoms with van der Waals surface area (Å²) in [7, 11) is 7.32. The average Bonchev–Trinajstić information content (AvgIpc) is 3.10. The first kappa shape index (κ1) is 27.7. The van der Waals surface area contributed by atoms with Gasteiger partial charge in [-0.15, -0.1) is 0 Å². The van der Waals surface area contributed by atoms with Crippen molar-refractivity contribution in [3.8, 4) is 5.75 Å². The molecule has 0 unspecified atom stereocenters. The van der Waals surface area contributed by atoms with Gasteiger partial charge in [0, 0.05) is 64.6 Å². The van der Waals surface area contributed by atoms with Crippen molar-refractivity contribution < 1.29 is 14.3 Å². The number of anilines is 5. The van der Waals surface area contributed by atoms with Crippen LogP contribution < -0.4 is 19.9 Å². The van der Waals surface area contributed by atoms with Crippen molar-refractivity contribution >= 4 is 40.6 Å². The maximum atomic E-state index is 13.4. The number of nitrogens with zero attached hydrogens (tertiary/aromatic N) is 7. The molecule has 1 saturated heterocycles. The molecule has 0 saturated carbocycles. The standard InChI is InChI=1S/C31H36N8O3/c1-35-15-17-38(18-16-35)22-11-13-39(14-12-22)29(40)21-9-10-24(27(19-21)42-4)33-31-32-20-26-28(34-31)36(2)25-8-6-5-7-23(25)30(41)37(26)3/h5-11,13,19-20,22H,12,14-18H2,1-4H3,(H,32,33,34)/t22-/m0/s1. The maximum absolute atomic E-state index is 13.4. The highest BCUT2D eigenvalue weighted by molar-refractivity contribution is 6.13. The van der Waals surface area contributed by atoms with Crippen molar-refractivity contribution in [2.24, 2.45) is 0 Å². The molecule has 3 aliphatic rings.